The zero-order valence-electron chi connectivity index (χ0n) is 37.5. The highest BCUT2D eigenvalue weighted by atomic mass is 32.1. The van der Waals surface area contributed by atoms with Crippen molar-refractivity contribution >= 4 is 96.9 Å². The first-order valence-corrected chi connectivity index (χ1v) is 24.4. The van der Waals surface area contributed by atoms with Gasteiger partial charge >= 0.3 is 0 Å². The van der Waals surface area contributed by atoms with Gasteiger partial charge in [0, 0.05) is 86.2 Å². The van der Waals surface area contributed by atoms with Crippen molar-refractivity contribution < 1.29 is 0 Å². The third-order valence-electron chi connectivity index (χ3n) is 14.1. The van der Waals surface area contributed by atoms with Gasteiger partial charge in [0.1, 0.15) is 0 Å². The molecule has 0 amide bonds. The van der Waals surface area contributed by atoms with Gasteiger partial charge in [-0.2, -0.15) is 0 Å². The summed E-state index contributed by atoms with van der Waals surface area (Å²) in [4.78, 5) is 16.4. The summed E-state index contributed by atoms with van der Waals surface area (Å²) in [5.74, 6) is 1.83. The second-order valence-corrected chi connectivity index (χ2v) is 19.0. The van der Waals surface area contributed by atoms with Crippen molar-refractivity contribution in [1.82, 2.24) is 28.7 Å². The molecule has 0 fully saturated rings. The Labute approximate surface area is 405 Å². The summed E-state index contributed by atoms with van der Waals surface area (Å²) in [5, 5.41) is 9.54. The molecule has 15 aromatic rings. The van der Waals surface area contributed by atoms with Gasteiger partial charge in [-0.05, 0) is 97.1 Å². The van der Waals surface area contributed by atoms with E-state index in [1.54, 1.807) is 0 Å². The lowest BCUT2D eigenvalue weighted by Gasteiger charge is -2.12. The van der Waals surface area contributed by atoms with Gasteiger partial charge in [-0.15, -0.1) is 11.3 Å². The van der Waals surface area contributed by atoms with Gasteiger partial charge in [-0.25, -0.2) is 15.0 Å². The summed E-state index contributed by atoms with van der Waals surface area (Å²) < 4.78 is 9.67. The highest BCUT2D eigenvalue weighted by molar-refractivity contribution is 7.25. The van der Waals surface area contributed by atoms with E-state index in [9.17, 15) is 0 Å². The topological polar surface area (TPSA) is 53.5 Å². The van der Waals surface area contributed by atoms with Crippen molar-refractivity contribution in [2.24, 2.45) is 0 Å². The van der Waals surface area contributed by atoms with Gasteiger partial charge in [-0.3, -0.25) is 0 Å². The number of aromatic nitrogens is 6. The number of benzene rings is 10. The highest BCUT2D eigenvalue weighted by Crippen LogP contribution is 2.43. The summed E-state index contributed by atoms with van der Waals surface area (Å²) in [7, 11) is 0. The largest absolute Gasteiger partial charge is 0.309 e. The molecule has 10 aromatic carbocycles. The molecule has 326 valence electrons. The van der Waals surface area contributed by atoms with E-state index in [1.165, 1.54) is 42.0 Å². The van der Waals surface area contributed by atoms with Gasteiger partial charge in [0.05, 0.1) is 33.1 Å². The molecule has 7 heteroatoms. The fraction of sp³-hybridized carbons (Fsp3) is 0. The number of rotatable bonds is 6. The van der Waals surface area contributed by atoms with Gasteiger partial charge in [0.2, 0.25) is 0 Å². The van der Waals surface area contributed by atoms with Crippen molar-refractivity contribution in [3.8, 4) is 51.2 Å². The monoisotopic (exact) mass is 910 g/mol. The molecule has 0 radical (unpaired) electrons. The molecule has 5 aromatic heterocycles. The van der Waals surface area contributed by atoms with E-state index in [-0.39, 0.29) is 0 Å². The molecule has 0 saturated heterocycles. The first-order chi connectivity index (χ1) is 34.7. The normalized spacial score (nSPS) is 12.0. The Kier molecular flexibility index (Phi) is 8.43. The molecule has 15 rings (SSSR count). The number of thiophene rings is 1. The highest BCUT2D eigenvalue weighted by Gasteiger charge is 2.23. The van der Waals surface area contributed by atoms with Crippen LogP contribution in [-0.2, 0) is 0 Å². The molecule has 5 heterocycles. The number of hydrogen-bond acceptors (Lipinski definition) is 4. The predicted molar refractivity (Wildman–Crippen MR) is 292 cm³/mol. The summed E-state index contributed by atoms with van der Waals surface area (Å²) >= 11 is 1.85. The molecule has 0 unspecified atom stereocenters. The molecule has 0 aliphatic heterocycles. The van der Waals surface area contributed by atoms with Gasteiger partial charge in [0.15, 0.2) is 17.5 Å². The van der Waals surface area contributed by atoms with E-state index in [1.807, 2.05) is 11.3 Å². The minimum atomic E-state index is 0.605. The third-order valence-corrected chi connectivity index (χ3v) is 15.2. The quantitative estimate of drug-likeness (QED) is 0.167. The van der Waals surface area contributed by atoms with Crippen molar-refractivity contribution in [3.63, 3.8) is 0 Å². The fourth-order valence-corrected chi connectivity index (χ4v) is 12.2. The summed E-state index contributed by atoms with van der Waals surface area (Å²) in [6.07, 6.45) is 0. The molecule has 6 nitrogen and oxygen atoms in total. The van der Waals surface area contributed by atoms with Crippen LogP contribution in [0.3, 0.4) is 0 Å². The maximum absolute atomic E-state index is 5.50. The lowest BCUT2D eigenvalue weighted by molar-refractivity contribution is 1.08. The van der Waals surface area contributed by atoms with Crippen LogP contribution < -0.4 is 0 Å². The van der Waals surface area contributed by atoms with E-state index in [4.69, 9.17) is 15.0 Å². The predicted octanol–water partition coefficient (Wildman–Crippen LogP) is 16.5. The molecule has 0 aliphatic carbocycles. The fourth-order valence-electron chi connectivity index (χ4n) is 11.1. The first kappa shape index (κ1) is 38.9. The standard InChI is InChI=1S/C63H38N6S/c1-3-17-40(18-4-1)67-52-28-12-8-23-45(52)59-47(25-15-30-54(59)67)62-64-61(65-63(66-62)48-26-16-31-55-60(48)46-24-9-13-29-53(46)68(55)41-19-5-2-6-20-41)39-33-35-42(36-34-39)69-51-27-11-7-21-43(51)49-37-50-44-22-10-14-32-57(44)70-58(50)38-56(49)69/h1-38H. The van der Waals surface area contributed by atoms with Crippen LogP contribution in [0, 0.1) is 0 Å². The second-order valence-electron chi connectivity index (χ2n) is 17.9. The van der Waals surface area contributed by atoms with Gasteiger partial charge < -0.3 is 13.7 Å². The zero-order chi connectivity index (χ0) is 45.9. The molecule has 0 aliphatic rings. The van der Waals surface area contributed by atoms with E-state index < -0.39 is 0 Å². The molecule has 0 saturated carbocycles. The van der Waals surface area contributed by atoms with E-state index in [0.29, 0.717) is 17.5 Å². The van der Waals surface area contributed by atoms with Crippen LogP contribution in [0.15, 0.2) is 231 Å². The SMILES string of the molecule is c1ccc(-n2c3ccccc3c3c(-c4nc(-c5ccc(-n6c7ccccc7c7cc8c(cc76)sc6ccccc68)cc5)nc(-c5cccc6c5c5ccccc5n6-c5ccccc5)n4)cccc32)cc1. The average Bonchev–Trinajstić information content (AvgIpc) is 4.17. The molecular formula is C63H38N6S. The van der Waals surface area contributed by atoms with Crippen LogP contribution in [0.4, 0.5) is 0 Å². The van der Waals surface area contributed by atoms with E-state index >= 15 is 0 Å². The lowest BCUT2D eigenvalue weighted by Crippen LogP contribution is -2.01. The summed E-state index contributed by atoms with van der Waals surface area (Å²) in [6.45, 7) is 0. The molecule has 0 atom stereocenters. The first-order valence-electron chi connectivity index (χ1n) is 23.6. The van der Waals surface area contributed by atoms with Crippen molar-refractivity contribution in [3.05, 3.63) is 231 Å². The Hall–Kier alpha value is -9.17. The number of fused-ring (bicyclic) bond motifs is 12. The van der Waals surface area contributed by atoms with Crippen LogP contribution >= 0.6 is 11.3 Å². The number of hydrogen-bond donors (Lipinski definition) is 0. The van der Waals surface area contributed by atoms with Crippen molar-refractivity contribution in [2.75, 3.05) is 0 Å². The minimum Gasteiger partial charge on any atom is -0.309 e. The maximum atomic E-state index is 5.50. The van der Waals surface area contributed by atoms with Gasteiger partial charge in [-0.1, -0.05) is 133 Å². The lowest BCUT2D eigenvalue weighted by atomic mass is 10.0. The van der Waals surface area contributed by atoms with E-state index in [0.717, 1.165) is 77.4 Å². The minimum absolute atomic E-state index is 0.605. The van der Waals surface area contributed by atoms with Crippen LogP contribution in [0.2, 0.25) is 0 Å². The van der Waals surface area contributed by atoms with Crippen LogP contribution in [0.25, 0.3) is 137 Å². The number of para-hydroxylation sites is 5. The third kappa shape index (κ3) is 5.76. The summed E-state index contributed by atoms with van der Waals surface area (Å²) in [5.41, 5.74) is 12.8. The van der Waals surface area contributed by atoms with Gasteiger partial charge in [0.25, 0.3) is 0 Å². The number of nitrogens with zero attached hydrogens (tertiary/aromatic N) is 6. The second kappa shape index (κ2) is 15.2. The summed E-state index contributed by atoms with van der Waals surface area (Å²) in [6, 6.07) is 82.4. The Bertz CT molecular complexity index is 4400. The van der Waals surface area contributed by atoms with Crippen molar-refractivity contribution in [1.29, 1.82) is 0 Å². The molecule has 0 spiro atoms. The zero-order valence-corrected chi connectivity index (χ0v) is 38.3. The average molecular weight is 911 g/mol. The Morgan fingerprint density at radius 1 is 0.271 bits per heavy atom. The Morgan fingerprint density at radius 3 is 1.30 bits per heavy atom. The molecule has 0 N–H and O–H groups in total. The van der Waals surface area contributed by atoms with Crippen LogP contribution in [-0.4, -0.2) is 28.7 Å². The molecule has 0 bridgehead atoms. The van der Waals surface area contributed by atoms with Crippen molar-refractivity contribution in [2.45, 2.75) is 0 Å². The van der Waals surface area contributed by atoms with E-state index in [2.05, 4.69) is 244 Å². The van der Waals surface area contributed by atoms with Crippen LogP contribution in [0.1, 0.15) is 0 Å². The Morgan fingerprint density at radius 2 is 0.714 bits per heavy atom. The smallest absolute Gasteiger partial charge is 0.164 e. The van der Waals surface area contributed by atoms with Crippen LogP contribution in [0.5, 0.6) is 0 Å². The Balaban J connectivity index is 0.963. The molecule has 70 heavy (non-hydrogen) atoms. The maximum Gasteiger partial charge on any atom is 0.164 e. The molecular weight excluding hydrogens is 873 g/mol.